The molecule has 0 radical (unpaired) electrons. The molecule has 0 atom stereocenters. The van der Waals surface area contributed by atoms with Gasteiger partial charge in [-0.15, -0.1) is 0 Å². The highest BCUT2D eigenvalue weighted by atomic mass is 16.3. The van der Waals surface area contributed by atoms with Crippen molar-refractivity contribution < 1.29 is 4.42 Å². The van der Waals surface area contributed by atoms with Gasteiger partial charge in [-0.3, -0.25) is 0 Å². The van der Waals surface area contributed by atoms with Crippen LogP contribution in [0.5, 0.6) is 0 Å². The van der Waals surface area contributed by atoms with Crippen molar-refractivity contribution in [3.63, 3.8) is 0 Å². The molecule has 0 bridgehead atoms. The van der Waals surface area contributed by atoms with Crippen LogP contribution in [0.1, 0.15) is 32.1 Å². The molecule has 0 aliphatic carbocycles. The van der Waals surface area contributed by atoms with E-state index in [1.54, 1.807) is 0 Å². The molecule has 3 aromatic rings. The van der Waals surface area contributed by atoms with Gasteiger partial charge in [0.15, 0.2) is 0 Å². The molecule has 2 nitrogen and oxygen atoms in total. The number of furan rings is 1. The summed E-state index contributed by atoms with van der Waals surface area (Å²) in [6.07, 6.45) is 0. The Morgan fingerprint density at radius 2 is 1.67 bits per heavy atom. The summed E-state index contributed by atoms with van der Waals surface area (Å²) >= 11 is 0. The fourth-order valence-electron chi connectivity index (χ4n) is 2.40. The summed E-state index contributed by atoms with van der Waals surface area (Å²) in [5, 5.41) is 4.56. The smallest absolute Gasteiger partial charge is 0.134 e. The van der Waals surface area contributed by atoms with Gasteiger partial charge in [-0.05, 0) is 35.2 Å². The van der Waals surface area contributed by atoms with Crippen molar-refractivity contribution in [2.24, 2.45) is 0 Å². The van der Waals surface area contributed by atoms with Crippen molar-refractivity contribution in [3.8, 4) is 0 Å². The molecule has 3 rings (SSSR count). The minimum Gasteiger partial charge on any atom is -0.459 e. The van der Waals surface area contributed by atoms with Crippen LogP contribution in [0.25, 0.3) is 11.0 Å². The van der Waals surface area contributed by atoms with Crippen LogP contribution in [-0.4, -0.2) is 0 Å². The van der Waals surface area contributed by atoms with E-state index >= 15 is 0 Å². The first-order valence-corrected chi connectivity index (χ1v) is 7.34. The Hall–Kier alpha value is -2.22. The Bertz CT molecular complexity index is 699. The monoisotopic (exact) mass is 279 g/mol. The fourth-order valence-corrected chi connectivity index (χ4v) is 2.40. The van der Waals surface area contributed by atoms with Gasteiger partial charge >= 0.3 is 0 Å². The van der Waals surface area contributed by atoms with E-state index in [9.17, 15) is 0 Å². The lowest BCUT2D eigenvalue weighted by Crippen LogP contribution is -2.10. The predicted molar refractivity (Wildman–Crippen MR) is 88.7 cm³/mol. The summed E-state index contributed by atoms with van der Waals surface area (Å²) < 4.78 is 5.81. The van der Waals surface area contributed by atoms with E-state index in [1.165, 1.54) is 5.56 Å². The third-order valence-corrected chi connectivity index (χ3v) is 3.69. The lowest BCUT2D eigenvalue weighted by atomic mass is 9.87. The van der Waals surface area contributed by atoms with E-state index in [2.05, 4.69) is 62.5 Å². The molecule has 2 heteroatoms. The largest absolute Gasteiger partial charge is 0.459 e. The minimum absolute atomic E-state index is 0.192. The van der Waals surface area contributed by atoms with Crippen LogP contribution >= 0.6 is 0 Å². The van der Waals surface area contributed by atoms with Gasteiger partial charge in [-0.25, -0.2) is 0 Å². The SMILES string of the molecule is CC(C)(C)c1ccc(NCc2cc3ccccc3o2)cc1. The van der Waals surface area contributed by atoms with Gasteiger partial charge < -0.3 is 9.73 Å². The van der Waals surface area contributed by atoms with E-state index in [0.29, 0.717) is 6.54 Å². The Balaban J connectivity index is 1.69. The second kappa shape index (κ2) is 5.28. The van der Waals surface area contributed by atoms with Crippen LogP contribution in [0.3, 0.4) is 0 Å². The zero-order chi connectivity index (χ0) is 14.9. The van der Waals surface area contributed by atoms with Crippen molar-refractivity contribution in [1.82, 2.24) is 0 Å². The van der Waals surface area contributed by atoms with Crippen molar-refractivity contribution in [1.29, 1.82) is 0 Å². The Morgan fingerprint density at radius 1 is 0.952 bits per heavy atom. The van der Waals surface area contributed by atoms with Crippen molar-refractivity contribution >= 4 is 16.7 Å². The maximum absolute atomic E-state index is 5.81. The van der Waals surface area contributed by atoms with Gasteiger partial charge in [0.05, 0.1) is 6.54 Å². The molecule has 0 amide bonds. The highest BCUT2D eigenvalue weighted by Crippen LogP contribution is 2.24. The van der Waals surface area contributed by atoms with Crippen molar-refractivity contribution in [2.45, 2.75) is 32.7 Å². The number of anilines is 1. The lowest BCUT2D eigenvalue weighted by molar-refractivity contribution is 0.559. The first-order valence-electron chi connectivity index (χ1n) is 7.34. The van der Waals surface area contributed by atoms with Crippen LogP contribution < -0.4 is 5.32 Å². The average molecular weight is 279 g/mol. The second-order valence-corrected chi connectivity index (χ2v) is 6.43. The molecule has 1 N–H and O–H groups in total. The highest BCUT2D eigenvalue weighted by Gasteiger charge is 2.12. The second-order valence-electron chi connectivity index (χ2n) is 6.43. The maximum atomic E-state index is 5.81. The molecule has 0 saturated heterocycles. The molecule has 1 aromatic heterocycles. The van der Waals surface area contributed by atoms with E-state index < -0.39 is 0 Å². The molecule has 0 saturated carbocycles. The molecule has 0 fully saturated rings. The van der Waals surface area contributed by atoms with Crippen LogP contribution in [0.15, 0.2) is 59.0 Å². The van der Waals surface area contributed by atoms with Gasteiger partial charge in [-0.1, -0.05) is 51.1 Å². The van der Waals surface area contributed by atoms with E-state index in [0.717, 1.165) is 22.4 Å². The molecular weight excluding hydrogens is 258 g/mol. The Morgan fingerprint density at radius 3 is 2.33 bits per heavy atom. The summed E-state index contributed by atoms with van der Waals surface area (Å²) in [6.45, 7) is 7.38. The summed E-state index contributed by atoms with van der Waals surface area (Å²) in [7, 11) is 0. The van der Waals surface area contributed by atoms with Crippen molar-refractivity contribution in [3.05, 3.63) is 65.9 Å². The van der Waals surface area contributed by atoms with Crippen LogP contribution in [-0.2, 0) is 12.0 Å². The van der Waals surface area contributed by atoms with Crippen LogP contribution in [0.2, 0.25) is 0 Å². The van der Waals surface area contributed by atoms with E-state index in [4.69, 9.17) is 4.42 Å². The van der Waals surface area contributed by atoms with Crippen LogP contribution in [0.4, 0.5) is 5.69 Å². The molecule has 0 unspecified atom stereocenters. The normalized spacial score (nSPS) is 11.8. The molecule has 2 aromatic carbocycles. The number of benzene rings is 2. The Labute approximate surface area is 125 Å². The zero-order valence-electron chi connectivity index (χ0n) is 12.8. The molecule has 108 valence electrons. The van der Waals surface area contributed by atoms with Gasteiger partial charge in [0.2, 0.25) is 0 Å². The van der Waals surface area contributed by atoms with Gasteiger partial charge in [-0.2, -0.15) is 0 Å². The maximum Gasteiger partial charge on any atom is 0.134 e. The number of fused-ring (bicyclic) bond motifs is 1. The van der Waals surface area contributed by atoms with Gasteiger partial charge in [0.1, 0.15) is 11.3 Å². The molecule has 0 aliphatic rings. The predicted octanol–water partition coefficient (Wildman–Crippen LogP) is 5.34. The third kappa shape index (κ3) is 3.10. The van der Waals surface area contributed by atoms with Gasteiger partial charge in [0.25, 0.3) is 0 Å². The highest BCUT2D eigenvalue weighted by molar-refractivity contribution is 5.77. The number of hydrogen-bond donors (Lipinski definition) is 1. The standard InChI is InChI=1S/C19H21NO/c1-19(2,3)15-8-10-16(11-9-15)20-13-17-12-14-6-4-5-7-18(14)21-17/h4-12,20H,13H2,1-3H3. The zero-order valence-corrected chi connectivity index (χ0v) is 12.8. The average Bonchev–Trinajstić information content (AvgIpc) is 2.87. The molecule has 1 heterocycles. The Kier molecular flexibility index (Phi) is 3.46. The first kappa shape index (κ1) is 13.7. The first-order chi connectivity index (χ1) is 10.0. The molecule has 0 aliphatic heterocycles. The number of rotatable bonds is 3. The summed E-state index contributed by atoms with van der Waals surface area (Å²) in [5.41, 5.74) is 3.59. The summed E-state index contributed by atoms with van der Waals surface area (Å²) in [4.78, 5) is 0. The number of para-hydroxylation sites is 1. The minimum atomic E-state index is 0.192. The van der Waals surface area contributed by atoms with Crippen molar-refractivity contribution in [2.75, 3.05) is 5.32 Å². The molecule has 21 heavy (non-hydrogen) atoms. The topological polar surface area (TPSA) is 25.2 Å². The summed E-state index contributed by atoms with van der Waals surface area (Å²) in [6, 6.07) is 18.8. The van der Waals surface area contributed by atoms with Crippen LogP contribution in [0, 0.1) is 0 Å². The molecule has 0 spiro atoms. The van der Waals surface area contributed by atoms with Gasteiger partial charge in [0, 0.05) is 11.1 Å². The van der Waals surface area contributed by atoms with E-state index in [1.807, 2.05) is 18.2 Å². The lowest BCUT2D eigenvalue weighted by Gasteiger charge is -2.19. The fraction of sp³-hybridized carbons (Fsp3) is 0.263. The van der Waals surface area contributed by atoms with E-state index in [-0.39, 0.29) is 5.41 Å². The number of hydrogen-bond acceptors (Lipinski definition) is 2. The molecular formula is C19H21NO. The quantitative estimate of drug-likeness (QED) is 0.699. The number of nitrogens with one attached hydrogen (secondary N) is 1. The summed E-state index contributed by atoms with van der Waals surface area (Å²) in [5.74, 6) is 0.955. The third-order valence-electron chi connectivity index (χ3n) is 3.69.